The third-order valence-corrected chi connectivity index (χ3v) is 5.95. The van der Waals surface area contributed by atoms with Gasteiger partial charge in [0, 0.05) is 30.3 Å². The molecule has 0 fully saturated rings. The van der Waals surface area contributed by atoms with Crippen molar-refractivity contribution in [2.75, 3.05) is 19.0 Å². The van der Waals surface area contributed by atoms with E-state index in [1.54, 1.807) is 20.1 Å². The Morgan fingerprint density at radius 2 is 2.10 bits per heavy atom. The molecule has 3 heterocycles. The summed E-state index contributed by atoms with van der Waals surface area (Å²) >= 11 is 1.40. The highest BCUT2D eigenvalue weighted by Crippen LogP contribution is 2.29. The van der Waals surface area contributed by atoms with E-state index in [0.717, 1.165) is 21.9 Å². The minimum Gasteiger partial charge on any atom is -0.497 e. The fourth-order valence-electron chi connectivity index (χ4n) is 3.30. The predicted molar refractivity (Wildman–Crippen MR) is 112 cm³/mol. The molecule has 0 unspecified atom stereocenters. The molecule has 1 aromatic carbocycles. The second-order valence-corrected chi connectivity index (χ2v) is 8.16. The highest BCUT2D eigenvalue weighted by atomic mass is 32.1. The van der Waals surface area contributed by atoms with Crippen LogP contribution < -0.4 is 10.1 Å². The van der Waals surface area contributed by atoms with Crippen molar-refractivity contribution in [3.8, 4) is 5.75 Å². The number of benzene rings is 1. The number of methoxy groups -OCH3 is 1. The van der Waals surface area contributed by atoms with Crippen molar-refractivity contribution in [3.05, 3.63) is 57.9 Å². The van der Waals surface area contributed by atoms with E-state index in [9.17, 15) is 9.59 Å². The highest BCUT2D eigenvalue weighted by molar-refractivity contribution is 7.15. The molecule has 0 radical (unpaired) electrons. The zero-order valence-corrected chi connectivity index (χ0v) is 17.6. The Labute approximate surface area is 177 Å². The summed E-state index contributed by atoms with van der Waals surface area (Å²) in [5, 5.41) is 6.99. The van der Waals surface area contributed by atoms with Gasteiger partial charge in [0.2, 0.25) is 5.91 Å². The molecule has 156 valence electrons. The number of anilines is 1. The smallest absolute Gasteiger partial charge is 0.279 e. The number of amides is 2. The van der Waals surface area contributed by atoms with Crippen molar-refractivity contribution in [3.63, 3.8) is 0 Å². The first-order valence-electron chi connectivity index (χ1n) is 9.66. The van der Waals surface area contributed by atoms with E-state index in [4.69, 9.17) is 9.26 Å². The molecule has 0 saturated carbocycles. The Hall–Kier alpha value is -3.20. The lowest BCUT2D eigenvalue weighted by atomic mass is 10.1. The van der Waals surface area contributed by atoms with Gasteiger partial charge in [-0.25, -0.2) is 4.98 Å². The second-order valence-electron chi connectivity index (χ2n) is 7.08. The number of rotatable bonds is 6. The molecule has 0 bridgehead atoms. The number of nitrogens with one attached hydrogen (secondary N) is 1. The summed E-state index contributed by atoms with van der Waals surface area (Å²) < 4.78 is 10.1. The van der Waals surface area contributed by atoms with Crippen LogP contribution in [0.15, 0.2) is 34.9 Å². The van der Waals surface area contributed by atoms with Gasteiger partial charge in [-0.15, -0.1) is 0 Å². The molecule has 4 rings (SSSR count). The molecule has 0 atom stereocenters. The number of hydrogen-bond acceptors (Lipinski definition) is 7. The Morgan fingerprint density at radius 1 is 1.30 bits per heavy atom. The first-order valence-corrected chi connectivity index (χ1v) is 10.5. The van der Waals surface area contributed by atoms with Gasteiger partial charge < -0.3 is 14.2 Å². The lowest BCUT2D eigenvalue weighted by molar-refractivity contribution is -0.132. The number of aryl methyl sites for hydroxylation is 2. The average molecular weight is 426 g/mol. The molecule has 0 spiro atoms. The van der Waals surface area contributed by atoms with Crippen LogP contribution in [0.25, 0.3) is 0 Å². The van der Waals surface area contributed by atoms with Crippen molar-refractivity contribution < 1.29 is 18.8 Å². The highest BCUT2D eigenvalue weighted by Gasteiger charge is 2.25. The van der Waals surface area contributed by atoms with Gasteiger partial charge in [-0.3, -0.25) is 14.9 Å². The first-order chi connectivity index (χ1) is 14.5. The molecule has 0 aliphatic carbocycles. The van der Waals surface area contributed by atoms with Crippen LogP contribution in [0.1, 0.15) is 38.8 Å². The standard InChI is InChI=1S/C21H22N4O4S/c1-13-11-17(24-29-13)20(27)23-21-22-16-9-10-25(12-18(16)30-21)19(26)8-5-14-3-6-15(28-2)7-4-14/h3-4,6-7,11H,5,8-10,12H2,1-2H3,(H,22,23,27). The lowest BCUT2D eigenvalue weighted by Gasteiger charge is -2.26. The topological polar surface area (TPSA) is 97.6 Å². The maximum absolute atomic E-state index is 12.7. The van der Waals surface area contributed by atoms with E-state index in [2.05, 4.69) is 15.5 Å². The largest absolute Gasteiger partial charge is 0.497 e. The van der Waals surface area contributed by atoms with Crippen molar-refractivity contribution in [2.24, 2.45) is 0 Å². The number of carbonyl (C=O) groups excluding carboxylic acids is 2. The van der Waals surface area contributed by atoms with Crippen LogP contribution in [-0.4, -0.2) is 40.5 Å². The van der Waals surface area contributed by atoms with E-state index < -0.39 is 0 Å². The van der Waals surface area contributed by atoms with Crippen LogP contribution in [0.5, 0.6) is 5.75 Å². The summed E-state index contributed by atoms with van der Waals surface area (Å²) in [6.45, 7) is 2.88. The molecule has 0 saturated heterocycles. The van der Waals surface area contributed by atoms with Gasteiger partial charge in [0.25, 0.3) is 5.91 Å². The summed E-state index contributed by atoms with van der Waals surface area (Å²) in [7, 11) is 1.63. The van der Waals surface area contributed by atoms with Crippen LogP contribution in [-0.2, 0) is 24.2 Å². The summed E-state index contributed by atoms with van der Waals surface area (Å²) in [5.74, 6) is 1.14. The van der Waals surface area contributed by atoms with E-state index in [1.165, 1.54) is 11.3 Å². The van der Waals surface area contributed by atoms with Crippen molar-refractivity contribution in [1.29, 1.82) is 0 Å². The monoisotopic (exact) mass is 426 g/mol. The molecule has 2 amide bonds. The van der Waals surface area contributed by atoms with Crippen molar-refractivity contribution in [2.45, 2.75) is 32.7 Å². The maximum atomic E-state index is 12.7. The van der Waals surface area contributed by atoms with E-state index in [1.807, 2.05) is 29.2 Å². The number of nitrogens with zero attached hydrogens (tertiary/aromatic N) is 3. The molecule has 1 aliphatic rings. The number of fused-ring (bicyclic) bond motifs is 1. The summed E-state index contributed by atoms with van der Waals surface area (Å²) in [6.07, 6.45) is 1.82. The number of hydrogen-bond donors (Lipinski definition) is 1. The molecular weight excluding hydrogens is 404 g/mol. The van der Waals surface area contributed by atoms with Gasteiger partial charge in [-0.2, -0.15) is 0 Å². The zero-order valence-electron chi connectivity index (χ0n) is 16.8. The summed E-state index contributed by atoms with van der Waals surface area (Å²) in [6, 6.07) is 9.34. The van der Waals surface area contributed by atoms with E-state index in [0.29, 0.717) is 43.2 Å². The molecule has 1 N–H and O–H groups in total. The second kappa shape index (κ2) is 8.66. The van der Waals surface area contributed by atoms with Gasteiger partial charge >= 0.3 is 0 Å². The summed E-state index contributed by atoms with van der Waals surface area (Å²) in [5.41, 5.74) is 2.26. The van der Waals surface area contributed by atoms with Crippen molar-refractivity contribution >= 4 is 28.3 Å². The predicted octanol–water partition coefficient (Wildman–Crippen LogP) is 3.22. The number of thiazole rings is 1. The zero-order chi connectivity index (χ0) is 21.1. The van der Waals surface area contributed by atoms with Crippen LogP contribution in [0.2, 0.25) is 0 Å². The minimum atomic E-state index is -0.356. The van der Waals surface area contributed by atoms with Crippen LogP contribution in [0.3, 0.4) is 0 Å². The van der Waals surface area contributed by atoms with Crippen LogP contribution in [0.4, 0.5) is 5.13 Å². The van der Waals surface area contributed by atoms with Gasteiger partial charge in [0.1, 0.15) is 11.5 Å². The third-order valence-electron chi connectivity index (χ3n) is 4.95. The minimum absolute atomic E-state index is 0.119. The molecule has 1 aliphatic heterocycles. The molecule has 8 nitrogen and oxygen atoms in total. The average Bonchev–Trinajstić information content (AvgIpc) is 3.37. The first kappa shape index (κ1) is 20.1. The molecular formula is C21H22N4O4S. The SMILES string of the molecule is COc1ccc(CCC(=O)N2CCc3nc(NC(=O)c4cc(C)on4)sc3C2)cc1. The molecule has 9 heteroatoms. The normalized spacial score (nSPS) is 13.1. The maximum Gasteiger partial charge on any atom is 0.279 e. The van der Waals surface area contributed by atoms with Gasteiger partial charge in [0.05, 0.1) is 19.3 Å². The number of aromatic nitrogens is 2. The van der Waals surface area contributed by atoms with Gasteiger partial charge in [0.15, 0.2) is 10.8 Å². The van der Waals surface area contributed by atoms with Crippen LogP contribution in [0, 0.1) is 6.92 Å². The number of carbonyl (C=O) groups is 2. The molecule has 30 heavy (non-hydrogen) atoms. The van der Waals surface area contributed by atoms with Crippen molar-refractivity contribution in [1.82, 2.24) is 15.0 Å². The Kier molecular flexibility index (Phi) is 5.80. The number of ether oxygens (including phenoxy) is 1. The quantitative estimate of drug-likeness (QED) is 0.650. The summed E-state index contributed by atoms with van der Waals surface area (Å²) in [4.78, 5) is 32.3. The fourth-order valence-corrected chi connectivity index (χ4v) is 4.32. The van der Waals surface area contributed by atoms with E-state index >= 15 is 0 Å². The van der Waals surface area contributed by atoms with Gasteiger partial charge in [-0.05, 0) is 31.0 Å². The Balaban J connectivity index is 1.33. The van der Waals surface area contributed by atoms with Gasteiger partial charge in [-0.1, -0.05) is 28.6 Å². The van der Waals surface area contributed by atoms with E-state index in [-0.39, 0.29) is 17.5 Å². The fraction of sp³-hybridized carbons (Fsp3) is 0.333. The van der Waals surface area contributed by atoms with Crippen LogP contribution >= 0.6 is 11.3 Å². The molecule has 2 aromatic heterocycles. The lowest BCUT2D eigenvalue weighted by Crippen LogP contribution is -2.35. The molecule has 3 aromatic rings. The Bertz CT molecular complexity index is 1060. The Morgan fingerprint density at radius 3 is 2.80 bits per heavy atom. The third kappa shape index (κ3) is 4.51.